The summed E-state index contributed by atoms with van der Waals surface area (Å²) in [5, 5.41) is 10.7. The molecule has 1 aromatic heterocycles. The normalized spacial score (nSPS) is 19.0. The first-order valence-electron chi connectivity index (χ1n) is 7.37. The Morgan fingerprint density at radius 3 is 2.29 bits per heavy atom. The molecule has 0 spiro atoms. The minimum Gasteiger partial charge on any atom is -0.372 e. The van der Waals surface area contributed by atoms with E-state index in [-0.39, 0.29) is 11.1 Å². The molecule has 3 aromatic rings. The first kappa shape index (κ1) is 14.9. The van der Waals surface area contributed by atoms with Crippen LogP contribution in [0.15, 0.2) is 67.0 Å². The molecule has 0 aliphatic heterocycles. The van der Waals surface area contributed by atoms with Crippen LogP contribution in [0.1, 0.15) is 11.1 Å². The van der Waals surface area contributed by atoms with Crippen molar-refractivity contribution in [3.05, 3.63) is 78.1 Å². The second-order valence-electron chi connectivity index (χ2n) is 5.76. The fraction of sp³-hybridized carbons (Fsp3) is 0.105. The molecule has 0 radical (unpaired) electrons. The lowest BCUT2D eigenvalue weighted by atomic mass is 9.89. The van der Waals surface area contributed by atoms with Crippen LogP contribution in [-0.2, 0) is 5.60 Å². The van der Waals surface area contributed by atoms with E-state index < -0.39 is 11.8 Å². The van der Waals surface area contributed by atoms with Crippen LogP contribution in [0.3, 0.4) is 0 Å². The maximum absolute atomic E-state index is 13.8. The van der Waals surface area contributed by atoms with Gasteiger partial charge >= 0.3 is 6.18 Å². The van der Waals surface area contributed by atoms with Crippen molar-refractivity contribution >= 4 is 0 Å². The van der Waals surface area contributed by atoms with Crippen LogP contribution in [0.4, 0.5) is 13.2 Å². The smallest absolute Gasteiger partial charge is 0.372 e. The highest BCUT2D eigenvalue weighted by atomic mass is 19.4. The van der Waals surface area contributed by atoms with Gasteiger partial charge < -0.3 is 5.11 Å². The molecule has 0 saturated heterocycles. The highest BCUT2D eigenvalue weighted by Gasteiger charge is 2.60. The number of nitrogens with zero attached hydrogens (tertiary/aromatic N) is 1. The Kier molecular flexibility index (Phi) is 3.05. The third kappa shape index (κ3) is 1.91. The van der Waals surface area contributed by atoms with E-state index >= 15 is 0 Å². The number of rotatable bonds is 1. The number of alkyl halides is 3. The number of pyridine rings is 1. The third-order valence-corrected chi connectivity index (χ3v) is 4.42. The van der Waals surface area contributed by atoms with Gasteiger partial charge in [0.2, 0.25) is 5.60 Å². The molecule has 0 saturated carbocycles. The molecule has 120 valence electrons. The molecule has 2 aromatic carbocycles. The zero-order valence-electron chi connectivity index (χ0n) is 12.4. The van der Waals surface area contributed by atoms with Gasteiger partial charge in [-0.1, -0.05) is 42.5 Å². The van der Waals surface area contributed by atoms with E-state index in [1.165, 1.54) is 18.2 Å². The Morgan fingerprint density at radius 1 is 0.833 bits per heavy atom. The zero-order chi connectivity index (χ0) is 16.9. The van der Waals surface area contributed by atoms with E-state index in [0.29, 0.717) is 22.3 Å². The van der Waals surface area contributed by atoms with E-state index in [4.69, 9.17) is 0 Å². The lowest BCUT2D eigenvalue weighted by Crippen LogP contribution is -2.41. The maximum Gasteiger partial charge on any atom is 0.425 e. The summed E-state index contributed by atoms with van der Waals surface area (Å²) < 4.78 is 41.3. The largest absolute Gasteiger partial charge is 0.425 e. The van der Waals surface area contributed by atoms with Gasteiger partial charge in [-0.3, -0.25) is 4.98 Å². The molecule has 1 unspecified atom stereocenters. The Morgan fingerprint density at radius 2 is 1.58 bits per heavy atom. The molecule has 1 heterocycles. The molecule has 1 aliphatic carbocycles. The topological polar surface area (TPSA) is 33.1 Å². The summed E-state index contributed by atoms with van der Waals surface area (Å²) in [5.74, 6) is 0. The van der Waals surface area contributed by atoms with Crippen molar-refractivity contribution in [2.45, 2.75) is 11.8 Å². The Labute approximate surface area is 136 Å². The molecule has 1 aliphatic rings. The van der Waals surface area contributed by atoms with E-state index in [1.54, 1.807) is 48.8 Å². The van der Waals surface area contributed by atoms with Gasteiger partial charge in [-0.25, -0.2) is 0 Å². The average Bonchev–Trinajstić information content (AvgIpc) is 2.86. The first-order chi connectivity index (χ1) is 11.4. The molecule has 0 fully saturated rings. The lowest BCUT2D eigenvalue weighted by Gasteiger charge is -2.28. The second kappa shape index (κ2) is 4.92. The van der Waals surface area contributed by atoms with Crippen LogP contribution >= 0.6 is 0 Å². The SMILES string of the molecule is OC1(C(F)(F)F)c2ccccc2-c2ccc(-c3cccnc3)cc21. The van der Waals surface area contributed by atoms with Gasteiger partial charge in [0.15, 0.2) is 0 Å². The van der Waals surface area contributed by atoms with Gasteiger partial charge in [0.1, 0.15) is 0 Å². The number of aliphatic hydroxyl groups is 1. The minimum absolute atomic E-state index is 0.129. The summed E-state index contributed by atoms with van der Waals surface area (Å²) >= 11 is 0. The van der Waals surface area contributed by atoms with Crippen LogP contribution in [-0.4, -0.2) is 16.3 Å². The Hall–Kier alpha value is -2.66. The number of hydrogen-bond donors (Lipinski definition) is 1. The van der Waals surface area contributed by atoms with Crippen LogP contribution < -0.4 is 0 Å². The van der Waals surface area contributed by atoms with Crippen molar-refractivity contribution in [3.63, 3.8) is 0 Å². The van der Waals surface area contributed by atoms with E-state index in [9.17, 15) is 18.3 Å². The molecule has 0 bridgehead atoms. The van der Waals surface area contributed by atoms with Gasteiger partial charge in [-0.05, 0) is 34.4 Å². The number of hydrogen-bond acceptors (Lipinski definition) is 2. The molecule has 1 atom stereocenters. The predicted molar refractivity (Wildman–Crippen MR) is 84.2 cm³/mol. The number of benzene rings is 2. The van der Waals surface area contributed by atoms with Gasteiger partial charge in [0, 0.05) is 23.5 Å². The minimum atomic E-state index is -4.82. The average molecular weight is 327 g/mol. The molecule has 5 heteroatoms. The zero-order valence-corrected chi connectivity index (χ0v) is 12.4. The predicted octanol–water partition coefficient (Wildman–Crippen LogP) is 4.53. The standard InChI is InChI=1S/C19H12F3NO/c20-19(21,22)18(24)16-6-2-1-5-14(16)15-8-7-12(10-17(15)18)13-4-3-9-23-11-13/h1-11,24H. The molecule has 0 amide bonds. The van der Waals surface area contributed by atoms with E-state index in [1.807, 2.05) is 0 Å². The fourth-order valence-electron chi connectivity index (χ4n) is 3.28. The van der Waals surface area contributed by atoms with Crippen LogP contribution in [0.5, 0.6) is 0 Å². The van der Waals surface area contributed by atoms with Crippen molar-refractivity contribution in [1.82, 2.24) is 4.98 Å². The van der Waals surface area contributed by atoms with Crippen molar-refractivity contribution in [1.29, 1.82) is 0 Å². The van der Waals surface area contributed by atoms with Gasteiger partial charge in [0.05, 0.1) is 0 Å². The monoisotopic (exact) mass is 327 g/mol. The summed E-state index contributed by atoms with van der Waals surface area (Å²) in [6.45, 7) is 0. The van der Waals surface area contributed by atoms with Crippen molar-refractivity contribution in [3.8, 4) is 22.3 Å². The van der Waals surface area contributed by atoms with Crippen molar-refractivity contribution < 1.29 is 18.3 Å². The molecular weight excluding hydrogens is 315 g/mol. The molecule has 2 nitrogen and oxygen atoms in total. The molecule has 1 N–H and O–H groups in total. The Balaban J connectivity index is 2.00. The summed E-state index contributed by atoms with van der Waals surface area (Å²) in [6.07, 6.45) is -1.64. The summed E-state index contributed by atoms with van der Waals surface area (Å²) in [4.78, 5) is 3.99. The second-order valence-corrected chi connectivity index (χ2v) is 5.76. The van der Waals surface area contributed by atoms with Gasteiger partial charge in [-0.2, -0.15) is 13.2 Å². The highest BCUT2D eigenvalue weighted by molar-refractivity contribution is 5.83. The number of halogens is 3. The summed E-state index contributed by atoms with van der Waals surface area (Å²) in [5.41, 5.74) is -1.19. The number of aromatic nitrogens is 1. The quantitative estimate of drug-likeness (QED) is 0.712. The van der Waals surface area contributed by atoms with E-state index in [0.717, 1.165) is 0 Å². The molecule has 4 rings (SSSR count). The van der Waals surface area contributed by atoms with Gasteiger partial charge in [-0.15, -0.1) is 0 Å². The van der Waals surface area contributed by atoms with Crippen LogP contribution in [0.25, 0.3) is 22.3 Å². The molecule has 24 heavy (non-hydrogen) atoms. The fourth-order valence-corrected chi connectivity index (χ4v) is 3.28. The van der Waals surface area contributed by atoms with Crippen molar-refractivity contribution in [2.75, 3.05) is 0 Å². The maximum atomic E-state index is 13.8. The Bertz CT molecular complexity index is 921. The van der Waals surface area contributed by atoms with E-state index in [2.05, 4.69) is 4.98 Å². The highest BCUT2D eigenvalue weighted by Crippen LogP contribution is 2.55. The van der Waals surface area contributed by atoms with Crippen molar-refractivity contribution in [2.24, 2.45) is 0 Å². The van der Waals surface area contributed by atoms with Crippen LogP contribution in [0, 0.1) is 0 Å². The molecular formula is C19H12F3NO. The van der Waals surface area contributed by atoms with Crippen LogP contribution in [0.2, 0.25) is 0 Å². The first-order valence-corrected chi connectivity index (χ1v) is 7.37. The summed E-state index contributed by atoms with van der Waals surface area (Å²) in [6, 6.07) is 14.4. The third-order valence-electron chi connectivity index (χ3n) is 4.42. The van der Waals surface area contributed by atoms with Gasteiger partial charge in [0.25, 0.3) is 0 Å². The lowest BCUT2D eigenvalue weighted by molar-refractivity contribution is -0.246. The summed E-state index contributed by atoms with van der Waals surface area (Å²) in [7, 11) is 0. The number of fused-ring (bicyclic) bond motifs is 3.